The zero-order chi connectivity index (χ0) is 15.5. The number of nitrogens with zero attached hydrogens (tertiary/aromatic N) is 1. The molecule has 4 nitrogen and oxygen atoms in total. The fourth-order valence-electron chi connectivity index (χ4n) is 2.13. The minimum Gasteiger partial charge on any atom is -0.459 e. The molecule has 0 aliphatic carbocycles. The summed E-state index contributed by atoms with van der Waals surface area (Å²) in [7, 11) is 1.70. The Hall–Kier alpha value is -2.46. The highest BCUT2D eigenvalue weighted by Crippen LogP contribution is 2.24. The van der Waals surface area contributed by atoms with Crippen molar-refractivity contribution in [2.24, 2.45) is 0 Å². The summed E-state index contributed by atoms with van der Waals surface area (Å²) >= 11 is 5.87. The fraction of sp³-hybridized carbons (Fsp3) is 0.118. The molecule has 0 radical (unpaired) electrons. The van der Waals surface area contributed by atoms with Crippen molar-refractivity contribution < 1.29 is 13.6 Å². The molecule has 0 aliphatic rings. The highest BCUT2D eigenvalue weighted by molar-refractivity contribution is 6.30. The van der Waals surface area contributed by atoms with E-state index in [4.69, 9.17) is 20.4 Å². The topological polar surface area (TPSA) is 46.6 Å². The van der Waals surface area contributed by atoms with E-state index in [0.717, 1.165) is 11.3 Å². The van der Waals surface area contributed by atoms with Crippen molar-refractivity contribution in [1.29, 1.82) is 0 Å². The molecule has 3 aromatic rings. The molecule has 0 saturated heterocycles. The Morgan fingerprint density at radius 2 is 1.91 bits per heavy atom. The van der Waals surface area contributed by atoms with Gasteiger partial charge in [0.1, 0.15) is 11.5 Å². The lowest BCUT2D eigenvalue weighted by molar-refractivity contribution is 0.0744. The Kier molecular flexibility index (Phi) is 4.02. The summed E-state index contributed by atoms with van der Waals surface area (Å²) in [6, 6.07) is 14.5. The monoisotopic (exact) mass is 315 g/mol. The van der Waals surface area contributed by atoms with E-state index in [2.05, 4.69) is 0 Å². The maximum Gasteiger partial charge on any atom is 0.289 e. The predicted octanol–water partition coefficient (Wildman–Crippen LogP) is 4.47. The van der Waals surface area contributed by atoms with Crippen molar-refractivity contribution in [2.45, 2.75) is 6.54 Å². The minimum absolute atomic E-state index is 0.186. The van der Waals surface area contributed by atoms with E-state index in [9.17, 15) is 4.79 Å². The summed E-state index contributed by atoms with van der Waals surface area (Å²) in [6.45, 7) is 0.368. The quantitative estimate of drug-likeness (QED) is 0.714. The van der Waals surface area contributed by atoms with Crippen LogP contribution in [0.15, 0.2) is 63.6 Å². The molecule has 0 unspecified atom stereocenters. The van der Waals surface area contributed by atoms with Crippen molar-refractivity contribution in [2.75, 3.05) is 7.05 Å². The van der Waals surface area contributed by atoms with Crippen LogP contribution in [0.2, 0.25) is 5.02 Å². The third-order valence-electron chi connectivity index (χ3n) is 3.26. The lowest BCUT2D eigenvalue weighted by Gasteiger charge is -2.13. The molecular formula is C17H14ClNO3. The first-order chi connectivity index (χ1) is 10.6. The molecule has 1 aromatic carbocycles. The molecule has 0 bridgehead atoms. The van der Waals surface area contributed by atoms with E-state index in [1.165, 1.54) is 6.26 Å². The van der Waals surface area contributed by atoms with Crippen LogP contribution in [0.25, 0.3) is 11.3 Å². The van der Waals surface area contributed by atoms with E-state index in [-0.39, 0.29) is 5.91 Å². The molecular weight excluding hydrogens is 302 g/mol. The summed E-state index contributed by atoms with van der Waals surface area (Å²) in [6.07, 6.45) is 1.48. The summed E-state index contributed by atoms with van der Waals surface area (Å²) < 4.78 is 10.9. The maximum absolute atomic E-state index is 12.1. The fourth-order valence-corrected chi connectivity index (χ4v) is 2.25. The van der Waals surface area contributed by atoms with Crippen molar-refractivity contribution >= 4 is 17.5 Å². The lowest BCUT2D eigenvalue weighted by atomic mass is 10.2. The van der Waals surface area contributed by atoms with Crippen LogP contribution < -0.4 is 0 Å². The number of hydrogen-bond acceptors (Lipinski definition) is 3. The van der Waals surface area contributed by atoms with Gasteiger partial charge >= 0.3 is 0 Å². The van der Waals surface area contributed by atoms with Gasteiger partial charge in [-0.3, -0.25) is 4.79 Å². The molecule has 0 N–H and O–H groups in total. The first-order valence-electron chi connectivity index (χ1n) is 6.77. The van der Waals surface area contributed by atoms with Gasteiger partial charge in [0.25, 0.3) is 5.91 Å². The van der Waals surface area contributed by atoms with Crippen molar-refractivity contribution in [3.05, 3.63) is 71.3 Å². The van der Waals surface area contributed by atoms with E-state index in [1.54, 1.807) is 24.1 Å². The van der Waals surface area contributed by atoms with Crippen LogP contribution in [-0.4, -0.2) is 17.9 Å². The van der Waals surface area contributed by atoms with Crippen LogP contribution in [-0.2, 0) is 6.54 Å². The number of halogens is 1. The second-order valence-electron chi connectivity index (χ2n) is 4.91. The number of benzene rings is 1. The number of hydrogen-bond donors (Lipinski definition) is 0. The van der Waals surface area contributed by atoms with Crippen LogP contribution in [0.1, 0.15) is 16.3 Å². The van der Waals surface area contributed by atoms with Crippen molar-refractivity contribution in [3.8, 4) is 11.3 Å². The zero-order valence-corrected chi connectivity index (χ0v) is 12.7. The molecule has 5 heteroatoms. The second-order valence-corrected chi connectivity index (χ2v) is 5.35. The van der Waals surface area contributed by atoms with Gasteiger partial charge in [-0.25, -0.2) is 0 Å². The van der Waals surface area contributed by atoms with Gasteiger partial charge in [-0.1, -0.05) is 11.6 Å². The predicted molar refractivity (Wildman–Crippen MR) is 83.7 cm³/mol. The molecule has 0 saturated carbocycles. The molecule has 3 rings (SSSR count). The second kappa shape index (κ2) is 6.12. The smallest absolute Gasteiger partial charge is 0.289 e. The number of carbonyl (C=O) groups is 1. The molecule has 112 valence electrons. The van der Waals surface area contributed by atoms with Gasteiger partial charge in [0.05, 0.1) is 12.8 Å². The first kappa shape index (κ1) is 14.5. The summed E-state index contributed by atoms with van der Waals surface area (Å²) in [5, 5.41) is 0.680. The van der Waals surface area contributed by atoms with Gasteiger partial charge < -0.3 is 13.7 Å². The summed E-state index contributed by atoms with van der Waals surface area (Å²) in [4.78, 5) is 13.6. The zero-order valence-electron chi connectivity index (χ0n) is 12.0. The van der Waals surface area contributed by atoms with Gasteiger partial charge in [0, 0.05) is 17.6 Å². The van der Waals surface area contributed by atoms with Crippen LogP contribution in [0.3, 0.4) is 0 Å². The molecule has 0 fully saturated rings. The van der Waals surface area contributed by atoms with Crippen LogP contribution in [0.5, 0.6) is 0 Å². The normalized spacial score (nSPS) is 10.6. The standard InChI is InChI=1S/C17H14ClNO3/c1-19(17(20)16-3-2-10-21-16)11-14-8-9-15(22-14)12-4-6-13(18)7-5-12/h2-10H,11H2,1H3. The van der Waals surface area contributed by atoms with Gasteiger partial charge in [-0.05, 0) is 48.5 Å². The van der Waals surface area contributed by atoms with Crippen LogP contribution in [0, 0.1) is 0 Å². The summed E-state index contributed by atoms with van der Waals surface area (Å²) in [5.74, 6) is 1.57. The van der Waals surface area contributed by atoms with Gasteiger partial charge in [-0.15, -0.1) is 0 Å². The third-order valence-corrected chi connectivity index (χ3v) is 3.51. The minimum atomic E-state index is -0.186. The maximum atomic E-state index is 12.1. The van der Waals surface area contributed by atoms with E-state index < -0.39 is 0 Å². The third kappa shape index (κ3) is 3.07. The Labute approximate surface area is 132 Å². The molecule has 2 aromatic heterocycles. The Morgan fingerprint density at radius 3 is 2.59 bits per heavy atom. The van der Waals surface area contributed by atoms with Gasteiger partial charge in [0.15, 0.2) is 5.76 Å². The average molecular weight is 316 g/mol. The highest BCUT2D eigenvalue weighted by Gasteiger charge is 2.16. The lowest BCUT2D eigenvalue weighted by Crippen LogP contribution is -2.25. The van der Waals surface area contributed by atoms with E-state index >= 15 is 0 Å². The molecule has 0 aliphatic heterocycles. The van der Waals surface area contributed by atoms with Crippen LogP contribution >= 0.6 is 11.6 Å². The number of furan rings is 2. The average Bonchev–Trinajstić information content (AvgIpc) is 3.18. The van der Waals surface area contributed by atoms with Crippen molar-refractivity contribution in [3.63, 3.8) is 0 Å². The molecule has 22 heavy (non-hydrogen) atoms. The number of carbonyl (C=O) groups excluding carboxylic acids is 1. The Morgan fingerprint density at radius 1 is 1.14 bits per heavy atom. The van der Waals surface area contributed by atoms with Gasteiger partial charge in [-0.2, -0.15) is 0 Å². The van der Waals surface area contributed by atoms with Crippen molar-refractivity contribution in [1.82, 2.24) is 4.90 Å². The number of amides is 1. The molecule has 1 amide bonds. The van der Waals surface area contributed by atoms with E-state index in [0.29, 0.717) is 23.1 Å². The highest BCUT2D eigenvalue weighted by atomic mass is 35.5. The SMILES string of the molecule is CN(Cc1ccc(-c2ccc(Cl)cc2)o1)C(=O)c1ccco1. The molecule has 0 atom stereocenters. The van der Waals surface area contributed by atoms with Gasteiger partial charge in [0.2, 0.25) is 0 Å². The Bertz CT molecular complexity index is 760. The molecule has 0 spiro atoms. The summed E-state index contributed by atoms with van der Waals surface area (Å²) in [5.41, 5.74) is 0.940. The molecule has 2 heterocycles. The largest absolute Gasteiger partial charge is 0.459 e. The Balaban J connectivity index is 1.71. The number of rotatable bonds is 4. The van der Waals surface area contributed by atoms with E-state index in [1.807, 2.05) is 36.4 Å². The first-order valence-corrected chi connectivity index (χ1v) is 7.15. The van der Waals surface area contributed by atoms with Crippen LogP contribution in [0.4, 0.5) is 0 Å².